The fraction of sp³-hybridized carbons (Fsp3) is 0.600. The van der Waals surface area contributed by atoms with Crippen molar-refractivity contribution in [2.24, 2.45) is 0 Å². The lowest BCUT2D eigenvalue weighted by Gasteiger charge is -2.25. The molecule has 1 aliphatic rings. The summed E-state index contributed by atoms with van der Waals surface area (Å²) in [7, 11) is -1.59. The maximum absolute atomic E-state index is 12.6. The van der Waals surface area contributed by atoms with Crippen LogP contribution in [0.25, 0.3) is 0 Å². The Morgan fingerprint density at radius 2 is 1.90 bits per heavy atom. The molecular formula is C15H24N2O2S. The van der Waals surface area contributed by atoms with Gasteiger partial charge in [0, 0.05) is 12.1 Å². The maximum atomic E-state index is 12.6. The molecule has 1 fully saturated rings. The number of benzene rings is 1. The molecule has 0 atom stereocenters. The summed E-state index contributed by atoms with van der Waals surface area (Å²) in [6, 6.07) is 5.46. The zero-order valence-electron chi connectivity index (χ0n) is 12.5. The Morgan fingerprint density at radius 1 is 1.25 bits per heavy atom. The molecule has 2 rings (SSSR count). The van der Waals surface area contributed by atoms with Gasteiger partial charge in [-0.25, -0.2) is 13.1 Å². The lowest BCUT2D eigenvalue weighted by atomic mass is 10.0. The minimum absolute atomic E-state index is 0.287. The van der Waals surface area contributed by atoms with Gasteiger partial charge in [0.05, 0.1) is 4.90 Å². The molecule has 0 saturated heterocycles. The second kappa shape index (κ2) is 5.84. The van der Waals surface area contributed by atoms with Crippen LogP contribution in [0.3, 0.4) is 0 Å². The lowest BCUT2D eigenvalue weighted by molar-refractivity contribution is 0.427. The molecule has 1 saturated carbocycles. The molecule has 5 heteroatoms. The molecule has 4 nitrogen and oxygen atoms in total. The first kappa shape index (κ1) is 15.5. The van der Waals surface area contributed by atoms with E-state index in [1.54, 1.807) is 6.07 Å². The summed E-state index contributed by atoms with van der Waals surface area (Å²) in [5.41, 5.74) is 1.56. The molecule has 0 bridgehead atoms. The van der Waals surface area contributed by atoms with Crippen molar-refractivity contribution in [3.05, 3.63) is 29.3 Å². The van der Waals surface area contributed by atoms with E-state index in [9.17, 15) is 8.42 Å². The van der Waals surface area contributed by atoms with Crippen LogP contribution in [-0.2, 0) is 16.6 Å². The van der Waals surface area contributed by atoms with Gasteiger partial charge in [-0.15, -0.1) is 0 Å². The molecule has 0 aliphatic heterocycles. The van der Waals surface area contributed by atoms with E-state index in [1.165, 1.54) is 0 Å². The second-order valence-electron chi connectivity index (χ2n) is 5.94. The van der Waals surface area contributed by atoms with E-state index in [1.807, 2.05) is 33.0 Å². The van der Waals surface area contributed by atoms with Crippen molar-refractivity contribution in [1.82, 2.24) is 10.0 Å². The first-order valence-electron chi connectivity index (χ1n) is 7.15. The van der Waals surface area contributed by atoms with Crippen molar-refractivity contribution in [3.63, 3.8) is 0 Å². The van der Waals surface area contributed by atoms with Crippen molar-refractivity contribution in [2.45, 2.75) is 56.5 Å². The molecule has 1 aromatic carbocycles. The zero-order chi connectivity index (χ0) is 14.8. The molecule has 2 N–H and O–H groups in total. The van der Waals surface area contributed by atoms with E-state index in [2.05, 4.69) is 10.0 Å². The molecule has 0 heterocycles. The van der Waals surface area contributed by atoms with Crippen LogP contribution in [-0.4, -0.2) is 21.0 Å². The van der Waals surface area contributed by atoms with Gasteiger partial charge in [0.1, 0.15) is 0 Å². The first-order valence-corrected chi connectivity index (χ1v) is 8.63. The minimum Gasteiger partial charge on any atom is -0.316 e. The Kier molecular flexibility index (Phi) is 4.52. The summed E-state index contributed by atoms with van der Waals surface area (Å²) in [4.78, 5) is 0.401. The summed E-state index contributed by atoms with van der Waals surface area (Å²) in [5, 5.41) is 3.07. The van der Waals surface area contributed by atoms with E-state index in [4.69, 9.17) is 0 Å². The first-order chi connectivity index (χ1) is 9.38. The van der Waals surface area contributed by atoms with Crippen LogP contribution in [0.4, 0.5) is 0 Å². The van der Waals surface area contributed by atoms with Crippen LogP contribution in [0.5, 0.6) is 0 Å². The van der Waals surface area contributed by atoms with Crippen LogP contribution >= 0.6 is 0 Å². The van der Waals surface area contributed by atoms with E-state index < -0.39 is 10.0 Å². The SMILES string of the molecule is CNCc1cccc(S(=O)(=O)NC2(C)CCCC2)c1C. The number of rotatable bonds is 5. The standard InChI is InChI=1S/C15H24N2O2S/c1-12-13(11-16-3)7-6-8-14(12)20(18,19)17-15(2)9-4-5-10-15/h6-8,16-17H,4-5,9-11H2,1-3H3. The molecule has 0 unspecified atom stereocenters. The molecule has 1 aliphatic carbocycles. The summed E-state index contributed by atoms with van der Waals surface area (Å²) in [6.45, 7) is 4.55. The molecule has 20 heavy (non-hydrogen) atoms. The van der Waals surface area contributed by atoms with Crippen molar-refractivity contribution in [1.29, 1.82) is 0 Å². The van der Waals surface area contributed by atoms with E-state index >= 15 is 0 Å². The van der Waals surface area contributed by atoms with Gasteiger partial charge in [0.25, 0.3) is 0 Å². The summed E-state index contributed by atoms with van der Waals surface area (Å²) < 4.78 is 28.2. The van der Waals surface area contributed by atoms with Crippen LogP contribution in [0.1, 0.15) is 43.7 Å². The fourth-order valence-corrected chi connectivity index (χ4v) is 4.72. The fourth-order valence-electron chi connectivity index (χ4n) is 2.97. The van der Waals surface area contributed by atoms with Crippen molar-refractivity contribution in [2.75, 3.05) is 7.05 Å². The highest BCUT2D eigenvalue weighted by molar-refractivity contribution is 7.89. The van der Waals surface area contributed by atoms with Gasteiger partial charge in [-0.2, -0.15) is 0 Å². The van der Waals surface area contributed by atoms with Gasteiger partial charge < -0.3 is 5.32 Å². The van der Waals surface area contributed by atoms with E-state index in [0.717, 1.165) is 36.8 Å². The number of nitrogens with one attached hydrogen (secondary N) is 2. The molecule has 0 aromatic heterocycles. The topological polar surface area (TPSA) is 58.2 Å². The smallest absolute Gasteiger partial charge is 0.241 e. The number of hydrogen-bond donors (Lipinski definition) is 2. The number of sulfonamides is 1. The minimum atomic E-state index is -3.45. The molecular weight excluding hydrogens is 272 g/mol. The second-order valence-corrected chi connectivity index (χ2v) is 7.59. The molecule has 0 radical (unpaired) electrons. The third-order valence-corrected chi connectivity index (χ3v) is 5.92. The number of hydrogen-bond acceptors (Lipinski definition) is 3. The van der Waals surface area contributed by atoms with Crippen molar-refractivity contribution >= 4 is 10.0 Å². The van der Waals surface area contributed by atoms with Crippen LogP contribution in [0.2, 0.25) is 0 Å². The lowest BCUT2D eigenvalue weighted by Crippen LogP contribution is -2.43. The predicted octanol–water partition coefficient (Wildman–Crippen LogP) is 2.33. The molecule has 0 amide bonds. The predicted molar refractivity (Wildman–Crippen MR) is 81.1 cm³/mol. The Balaban J connectivity index is 2.32. The van der Waals surface area contributed by atoms with Gasteiger partial charge in [-0.3, -0.25) is 0 Å². The van der Waals surface area contributed by atoms with Crippen molar-refractivity contribution < 1.29 is 8.42 Å². The average Bonchev–Trinajstić information content (AvgIpc) is 2.77. The summed E-state index contributed by atoms with van der Waals surface area (Å²) in [6.07, 6.45) is 4.03. The molecule has 1 aromatic rings. The Hall–Kier alpha value is -0.910. The van der Waals surface area contributed by atoms with Crippen molar-refractivity contribution in [3.8, 4) is 0 Å². The largest absolute Gasteiger partial charge is 0.316 e. The Labute approximate surface area is 122 Å². The third kappa shape index (κ3) is 3.22. The average molecular weight is 296 g/mol. The van der Waals surface area contributed by atoms with Gasteiger partial charge in [0.2, 0.25) is 10.0 Å². The Bertz CT molecular complexity index is 576. The summed E-state index contributed by atoms with van der Waals surface area (Å²) in [5.74, 6) is 0. The van der Waals surface area contributed by atoms with Crippen LogP contribution in [0.15, 0.2) is 23.1 Å². The normalized spacial score (nSPS) is 18.4. The van der Waals surface area contributed by atoms with Gasteiger partial charge >= 0.3 is 0 Å². The van der Waals surface area contributed by atoms with E-state index in [0.29, 0.717) is 11.4 Å². The molecule has 112 valence electrons. The van der Waals surface area contributed by atoms with Gasteiger partial charge in [0.15, 0.2) is 0 Å². The monoisotopic (exact) mass is 296 g/mol. The Morgan fingerprint density at radius 3 is 2.50 bits per heavy atom. The highest BCUT2D eigenvalue weighted by Crippen LogP contribution is 2.31. The molecule has 0 spiro atoms. The van der Waals surface area contributed by atoms with Crippen LogP contribution < -0.4 is 10.0 Å². The van der Waals surface area contributed by atoms with E-state index in [-0.39, 0.29) is 5.54 Å². The summed E-state index contributed by atoms with van der Waals surface area (Å²) >= 11 is 0. The quantitative estimate of drug-likeness (QED) is 0.877. The van der Waals surface area contributed by atoms with Crippen LogP contribution in [0, 0.1) is 6.92 Å². The highest BCUT2D eigenvalue weighted by atomic mass is 32.2. The third-order valence-electron chi connectivity index (χ3n) is 4.14. The highest BCUT2D eigenvalue weighted by Gasteiger charge is 2.34. The van der Waals surface area contributed by atoms with Gasteiger partial charge in [-0.1, -0.05) is 25.0 Å². The zero-order valence-corrected chi connectivity index (χ0v) is 13.3. The van der Waals surface area contributed by atoms with Gasteiger partial charge in [-0.05, 0) is 50.9 Å². The maximum Gasteiger partial charge on any atom is 0.241 e.